The summed E-state index contributed by atoms with van der Waals surface area (Å²) in [7, 11) is 0. The molecule has 0 aliphatic rings. The van der Waals surface area contributed by atoms with E-state index in [4.69, 9.17) is 0 Å². The maximum atomic E-state index is 3.72. The summed E-state index contributed by atoms with van der Waals surface area (Å²) in [6.07, 6.45) is 1.13. The van der Waals surface area contributed by atoms with E-state index in [1.54, 1.807) is 0 Å². The number of thiophene rings is 1. The monoisotopic (exact) mass is 415 g/mol. The minimum atomic E-state index is 0.250. The SMILES string of the molecule is CCCNC(c1cc(Br)c(C)s1)c1ccc(C)cc1Br. The predicted octanol–water partition coefficient (Wildman–Crippen LogP) is 5.98. The van der Waals surface area contributed by atoms with Gasteiger partial charge in [-0.25, -0.2) is 0 Å². The second-order valence-electron chi connectivity index (χ2n) is 4.96. The first kappa shape index (κ1) is 16.2. The van der Waals surface area contributed by atoms with Crippen LogP contribution in [0.2, 0.25) is 0 Å². The highest BCUT2D eigenvalue weighted by Gasteiger charge is 2.19. The van der Waals surface area contributed by atoms with Crippen molar-refractivity contribution in [1.82, 2.24) is 5.32 Å². The fourth-order valence-electron chi connectivity index (χ4n) is 2.14. The largest absolute Gasteiger partial charge is 0.306 e. The van der Waals surface area contributed by atoms with E-state index in [0.717, 1.165) is 13.0 Å². The maximum Gasteiger partial charge on any atom is 0.0682 e. The molecule has 0 amide bonds. The van der Waals surface area contributed by atoms with Gasteiger partial charge in [0.25, 0.3) is 0 Å². The van der Waals surface area contributed by atoms with Crippen LogP contribution in [0.4, 0.5) is 0 Å². The van der Waals surface area contributed by atoms with E-state index in [1.807, 2.05) is 11.3 Å². The highest BCUT2D eigenvalue weighted by molar-refractivity contribution is 9.10. The number of nitrogens with one attached hydrogen (secondary N) is 1. The predicted molar refractivity (Wildman–Crippen MR) is 95.8 cm³/mol. The molecule has 2 aromatic rings. The first-order chi connectivity index (χ1) is 9.52. The summed E-state index contributed by atoms with van der Waals surface area (Å²) in [4.78, 5) is 2.68. The molecule has 1 aromatic carbocycles. The number of aryl methyl sites for hydroxylation is 2. The molecule has 108 valence electrons. The van der Waals surface area contributed by atoms with E-state index in [-0.39, 0.29) is 6.04 Å². The summed E-state index contributed by atoms with van der Waals surface area (Å²) >= 11 is 9.19. The quantitative estimate of drug-likeness (QED) is 0.632. The van der Waals surface area contributed by atoms with Crippen molar-refractivity contribution in [3.05, 3.63) is 54.1 Å². The Labute approximate surface area is 142 Å². The molecule has 0 fully saturated rings. The molecule has 1 heterocycles. The Morgan fingerprint density at radius 3 is 2.45 bits per heavy atom. The third-order valence-corrected chi connectivity index (χ3v) is 6.11. The van der Waals surface area contributed by atoms with E-state index in [1.165, 1.54) is 29.8 Å². The van der Waals surface area contributed by atoms with Gasteiger partial charge in [0.15, 0.2) is 0 Å². The number of rotatable bonds is 5. The Hall–Kier alpha value is -0.160. The first-order valence-corrected chi connectivity index (χ1v) is 9.18. The summed E-state index contributed by atoms with van der Waals surface area (Å²) < 4.78 is 2.37. The van der Waals surface area contributed by atoms with Crippen LogP contribution in [0.15, 0.2) is 33.2 Å². The summed E-state index contributed by atoms with van der Waals surface area (Å²) in [5, 5.41) is 3.66. The van der Waals surface area contributed by atoms with Gasteiger partial charge in [0.2, 0.25) is 0 Å². The van der Waals surface area contributed by atoms with Crippen LogP contribution in [-0.2, 0) is 0 Å². The lowest BCUT2D eigenvalue weighted by atomic mass is 10.0. The zero-order valence-corrected chi connectivity index (χ0v) is 16.0. The highest BCUT2D eigenvalue weighted by atomic mass is 79.9. The third-order valence-electron chi connectivity index (χ3n) is 3.23. The molecule has 0 saturated heterocycles. The van der Waals surface area contributed by atoms with Crippen molar-refractivity contribution in [2.24, 2.45) is 0 Å². The lowest BCUT2D eigenvalue weighted by Gasteiger charge is -2.19. The van der Waals surface area contributed by atoms with E-state index >= 15 is 0 Å². The minimum Gasteiger partial charge on any atom is -0.306 e. The number of halogens is 2. The normalized spacial score (nSPS) is 12.7. The van der Waals surface area contributed by atoms with Gasteiger partial charge in [0, 0.05) is 18.7 Å². The average Bonchev–Trinajstić information content (AvgIpc) is 2.72. The van der Waals surface area contributed by atoms with Gasteiger partial charge < -0.3 is 5.32 Å². The van der Waals surface area contributed by atoms with E-state index < -0.39 is 0 Å². The fraction of sp³-hybridized carbons (Fsp3) is 0.375. The molecular weight excluding hydrogens is 398 g/mol. The Morgan fingerprint density at radius 2 is 1.90 bits per heavy atom. The second-order valence-corrected chi connectivity index (χ2v) is 7.96. The highest BCUT2D eigenvalue weighted by Crippen LogP contribution is 2.36. The molecular formula is C16H19Br2NS. The van der Waals surface area contributed by atoms with E-state index in [0.29, 0.717) is 0 Å². The van der Waals surface area contributed by atoms with Gasteiger partial charge in [0.05, 0.1) is 6.04 Å². The maximum absolute atomic E-state index is 3.72. The van der Waals surface area contributed by atoms with Gasteiger partial charge in [-0.3, -0.25) is 0 Å². The summed E-state index contributed by atoms with van der Waals surface area (Å²) in [6.45, 7) is 7.48. The summed E-state index contributed by atoms with van der Waals surface area (Å²) in [5.74, 6) is 0. The van der Waals surface area contributed by atoms with Crippen molar-refractivity contribution >= 4 is 43.2 Å². The number of benzene rings is 1. The third kappa shape index (κ3) is 3.73. The zero-order chi connectivity index (χ0) is 14.7. The molecule has 0 saturated carbocycles. The molecule has 2 rings (SSSR count). The van der Waals surface area contributed by atoms with Crippen molar-refractivity contribution in [2.45, 2.75) is 33.2 Å². The lowest BCUT2D eigenvalue weighted by Crippen LogP contribution is -2.22. The Balaban J connectivity index is 2.41. The smallest absolute Gasteiger partial charge is 0.0682 e. The van der Waals surface area contributed by atoms with E-state index in [2.05, 4.69) is 82.2 Å². The van der Waals surface area contributed by atoms with Crippen LogP contribution in [0.1, 0.15) is 40.3 Å². The molecule has 1 atom stereocenters. The van der Waals surface area contributed by atoms with Crippen molar-refractivity contribution < 1.29 is 0 Å². The van der Waals surface area contributed by atoms with Crippen molar-refractivity contribution in [1.29, 1.82) is 0 Å². The molecule has 0 aliphatic carbocycles. The Kier molecular flexibility index (Phi) is 5.84. The van der Waals surface area contributed by atoms with Crippen molar-refractivity contribution in [2.75, 3.05) is 6.54 Å². The van der Waals surface area contributed by atoms with Crippen LogP contribution in [0.3, 0.4) is 0 Å². The van der Waals surface area contributed by atoms with E-state index in [9.17, 15) is 0 Å². The summed E-state index contributed by atoms with van der Waals surface area (Å²) in [6, 6.07) is 9.07. The molecule has 20 heavy (non-hydrogen) atoms. The van der Waals surface area contributed by atoms with Gasteiger partial charge in [-0.1, -0.05) is 35.0 Å². The van der Waals surface area contributed by atoms with Crippen LogP contribution in [0.25, 0.3) is 0 Å². The van der Waals surface area contributed by atoms with Crippen LogP contribution in [0, 0.1) is 13.8 Å². The Bertz CT molecular complexity index is 573. The van der Waals surface area contributed by atoms with Crippen LogP contribution >= 0.6 is 43.2 Å². The molecule has 0 bridgehead atoms. The standard InChI is InChI=1S/C16H19Br2NS/c1-4-7-19-16(15-9-13(17)11(3)20-15)12-6-5-10(2)8-14(12)18/h5-6,8-9,16,19H,4,7H2,1-3H3. The second kappa shape index (κ2) is 7.21. The van der Waals surface area contributed by atoms with Gasteiger partial charge in [0.1, 0.15) is 0 Å². The molecule has 1 N–H and O–H groups in total. The lowest BCUT2D eigenvalue weighted by molar-refractivity contribution is 0.604. The van der Waals surface area contributed by atoms with Crippen molar-refractivity contribution in [3.63, 3.8) is 0 Å². The average molecular weight is 417 g/mol. The van der Waals surface area contributed by atoms with Crippen LogP contribution < -0.4 is 5.32 Å². The van der Waals surface area contributed by atoms with Gasteiger partial charge >= 0.3 is 0 Å². The molecule has 0 spiro atoms. The van der Waals surface area contributed by atoms with Gasteiger partial charge in [-0.15, -0.1) is 11.3 Å². The molecule has 0 aliphatic heterocycles. The summed E-state index contributed by atoms with van der Waals surface area (Å²) in [5.41, 5.74) is 2.58. The fourth-order valence-corrected chi connectivity index (χ4v) is 4.52. The Morgan fingerprint density at radius 1 is 1.15 bits per heavy atom. The molecule has 1 unspecified atom stereocenters. The molecule has 0 radical (unpaired) electrons. The van der Waals surface area contributed by atoms with Crippen LogP contribution in [0.5, 0.6) is 0 Å². The minimum absolute atomic E-state index is 0.250. The first-order valence-electron chi connectivity index (χ1n) is 6.78. The zero-order valence-electron chi connectivity index (χ0n) is 12.0. The number of hydrogen-bond acceptors (Lipinski definition) is 2. The van der Waals surface area contributed by atoms with Crippen LogP contribution in [-0.4, -0.2) is 6.54 Å². The molecule has 1 aromatic heterocycles. The van der Waals surface area contributed by atoms with Gasteiger partial charge in [-0.2, -0.15) is 0 Å². The number of hydrogen-bond donors (Lipinski definition) is 1. The van der Waals surface area contributed by atoms with Crippen molar-refractivity contribution in [3.8, 4) is 0 Å². The molecule has 4 heteroatoms. The topological polar surface area (TPSA) is 12.0 Å². The van der Waals surface area contributed by atoms with Gasteiger partial charge in [-0.05, 0) is 66.0 Å². The molecule has 1 nitrogen and oxygen atoms in total.